The molecule has 134 valence electrons. The van der Waals surface area contributed by atoms with Crippen LogP contribution in [0.2, 0.25) is 0 Å². The average Bonchev–Trinajstić information content (AvgIpc) is 3.11. The summed E-state index contributed by atoms with van der Waals surface area (Å²) < 4.78 is 23.6. The second-order valence-electron chi connectivity index (χ2n) is 5.74. The maximum atomic E-state index is 12.9. The Morgan fingerprint density at radius 3 is 2.73 bits per heavy atom. The second-order valence-corrected chi connectivity index (χ2v) is 5.74. The zero-order valence-corrected chi connectivity index (χ0v) is 14.4. The van der Waals surface area contributed by atoms with E-state index in [1.807, 2.05) is 31.2 Å². The third kappa shape index (κ3) is 4.55. The van der Waals surface area contributed by atoms with Crippen molar-refractivity contribution in [2.45, 2.75) is 20.0 Å². The predicted molar refractivity (Wildman–Crippen MR) is 96.0 cm³/mol. The van der Waals surface area contributed by atoms with Crippen LogP contribution in [0.25, 0.3) is 11.3 Å². The molecule has 1 N–H and O–H groups in total. The predicted octanol–water partition coefficient (Wildman–Crippen LogP) is 4.20. The molecule has 0 aliphatic carbocycles. The molecule has 0 bridgehead atoms. The quantitative estimate of drug-likeness (QED) is 0.691. The summed E-state index contributed by atoms with van der Waals surface area (Å²) in [4.78, 5) is 12.0. The molecule has 0 saturated heterocycles. The van der Waals surface area contributed by atoms with Gasteiger partial charge in [0.15, 0.2) is 5.76 Å². The van der Waals surface area contributed by atoms with Gasteiger partial charge < -0.3 is 14.6 Å². The van der Waals surface area contributed by atoms with Gasteiger partial charge in [0, 0.05) is 17.3 Å². The average molecular weight is 354 g/mol. The Bertz CT molecular complexity index is 875. The van der Waals surface area contributed by atoms with Crippen LogP contribution >= 0.6 is 0 Å². The van der Waals surface area contributed by atoms with Crippen molar-refractivity contribution in [3.05, 3.63) is 71.7 Å². The van der Waals surface area contributed by atoms with Crippen molar-refractivity contribution in [2.75, 3.05) is 11.9 Å². The third-order valence-corrected chi connectivity index (χ3v) is 3.84. The van der Waals surface area contributed by atoms with E-state index < -0.39 is 0 Å². The van der Waals surface area contributed by atoms with Gasteiger partial charge in [-0.3, -0.25) is 4.79 Å². The Morgan fingerprint density at radius 1 is 1.19 bits per heavy atom. The summed E-state index contributed by atoms with van der Waals surface area (Å²) in [5.41, 5.74) is 3.15. The lowest BCUT2D eigenvalue weighted by atomic mass is 10.1. The third-order valence-electron chi connectivity index (χ3n) is 3.84. The maximum absolute atomic E-state index is 12.9. The molecule has 0 saturated carbocycles. The van der Waals surface area contributed by atoms with Crippen molar-refractivity contribution in [3.63, 3.8) is 0 Å². The normalized spacial score (nSPS) is 10.7. The monoisotopic (exact) mass is 354 g/mol. The van der Waals surface area contributed by atoms with Crippen LogP contribution in [0.1, 0.15) is 18.2 Å². The highest BCUT2D eigenvalue weighted by Gasteiger charge is 2.09. The Morgan fingerprint density at radius 2 is 1.96 bits per heavy atom. The smallest absolute Gasteiger partial charge is 0.250 e. The number of hydrogen-bond acceptors (Lipinski definition) is 4. The summed E-state index contributed by atoms with van der Waals surface area (Å²) in [6.07, 6.45) is 0.836. The lowest BCUT2D eigenvalue weighted by Gasteiger charge is -2.09. The van der Waals surface area contributed by atoms with E-state index in [0.29, 0.717) is 11.5 Å². The van der Waals surface area contributed by atoms with Crippen LogP contribution in [-0.2, 0) is 22.6 Å². The van der Waals surface area contributed by atoms with Crippen LogP contribution in [0.5, 0.6) is 0 Å². The molecule has 3 aromatic rings. The molecule has 1 aromatic heterocycles. The number of halogens is 1. The Kier molecular flexibility index (Phi) is 5.76. The molecule has 1 amide bonds. The number of carbonyl (C=O) groups excluding carboxylic acids is 1. The lowest BCUT2D eigenvalue weighted by molar-refractivity contribution is -0.121. The van der Waals surface area contributed by atoms with Crippen LogP contribution in [0, 0.1) is 5.82 Å². The Labute approximate surface area is 150 Å². The summed E-state index contributed by atoms with van der Waals surface area (Å²) in [6.45, 7) is 2.09. The number of anilines is 1. The number of hydrogen-bond donors (Lipinski definition) is 1. The molecular weight excluding hydrogens is 335 g/mol. The lowest BCUT2D eigenvalue weighted by Crippen LogP contribution is -2.19. The standard InChI is InChI=1S/C20H19FN2O3/c1-2-14-5-3-4-6-18(14)22-20(24)13-25-12-17-11-19(26-23-17)15-7-9-16(21)10-8-15/h3-11H,2,12-13H2,1H3,(H,22,24). The molecule has 5 nitrogen and oxygen atoms in total. The van der Waals surface area contributed by atoms with E-state index >= 15 is 0 Å². The first-order chi connectivity index (χ1) is 12.7. The van der Waals surface area contributed by atoms with Crippen LogP contribution in [0.3, 0.4) is 0 Å². The minimum Gasteiger partial charge on any atom is -0.365 e. The van der Waals surface area contributed by atoms with Gasteiger partial charge in [-0.25, -0.2) is 4.39 Å². The van der Waals surface area contributed by atoms with Gasteiger partial charge in [0.05, 0.1) is 6.61 Å². The molecule has 1 heterocycles. The van der Waals surface area contributed by atoms with E-state index in [-0.39, 0.29) is 24.9 Å². The number of ether oxygens (including phenoxy) is 1. The molecule has 6 heteroatoms. The molecule has 0 aliphatic rings. The van der Waals surface area contributed by atoms with Crippen molar-refractivity contribution in [2.24, 2.45) is 0 Å². The summed E-state index contributed by atoms with van der Waals surface area (Å²) >= 11 is 0. The van der Waals surface area contributed by atoms with Crippen LogP contribution in [0.15, 0.2) is 59.1 Å². The van der Waals surface area contributed by atoms with Gasteiger partial charge in [-0.15, -0.1) is 0 Å². The number of rotatable bonds is 7. The molecule has 0 fully saturated rings. The summed E-state index contributed by atoms with van der Waals surface area (Å²) in [5.74, 6) is -0.0226. The Balaban J connectivity index is 1.50. The number of benzene rings is 2. The molecule has 3 rings (SSSR count). The number of carbonyl (C=O) groups is 1. The number of para-hydroxylation sites is 1. The zero-order chi connectivity index (χ0) is 18.4. The second kappa shape index (κ2) is 8.40. The number of aryl methyl sites for hydroxylation is 1. The van der Waals surface area contributed by atoms with Gasteiger partial charge >= 0.3 is 0 Å². The fourth-order valence-corrected chi connectivity index (χ4v) is 2.52. The summed E-state index contributed by atoms with van der Waals surface area (Å²) in [6, 6.07) is 15.3. The number of nitrogens with one attached hydrogen (secondary N) is 1. The first-order valence-corrected chi connectivity index (χ1v) is 8.32. The minimum atomic E-state index is -0.313. The highest BCUT2D eigenvalue weighted by molar-refractivity contribution is 5.92. The first kappa shape index (κ1) is 17.8. The van der Waals surface area contributed by atoms with Crippen molar-refractivity contribution in [3.8, 4) is 11.3 Å². The van der Waals surface area contributed by atoms with Crippen LogP contribution < -0.4 is 5.32 Å². The highest BCUT2D eigenvalue weighted by atomic mass is 19.1. The van der Waals surface area contributed by atoms with E-state index in [1.165, 1.54) is 12.1 Å². The van der Waals surface area contributed by atoms with Crippen molar-refractivity contribution < 1.29 is 18.4 Å². The van der Waals surface area contributed by atoms with Crippen molar-refractivity contribution >= 4 is 11.6 Å². The zero-order valence-electron chi connectivity index (χ0n) is 14.4. The highest BCUT2D eigenvalue weighted by Crippen LogP contribution is 2.21. The van der Waals surface area contributed by atoms with Gasteiger partial charge in [0.2, 0.25) is 5.91 Å². The molecule has 0 spiro atoms. The number of nitrogens with zero attached hydrogens (tertiary/aromatic N) is 1. The SMILES string of the molecule is CCc1ccccc1NC(=O)COCc1cc(-c2ccc(F)cc2)on1. The van der Waals surface area contributed by atoms with Gasteiger partial charge in [-0.05, 0) is 42.3 Å². The largest absolute Gasteiger partial charge is 0.365 e. The van der Waals surface area contributed by atoms with Gasteiger partial charge in [-0.1, -0.05) is 30.3 Å². The van der Waals surface area contributed by atoms with Crippen molar-refractivity contribution in [1.29, 1.82) is 0 Å². The van der Waals surface area contributed by atoms with E-state index in [1.54, 1.807) is 18.2 Å². The molecule has 0 radical (unpaired) electrons. The van der Waals surface area contributed by atoms with Crippen molar-refractivity contribution in [1.82, 2.24) is 5.16 Å². The number of aromatic nitrogens is 1. The summed E-state index contributed by atoms with van der Waals surface area (Å²) in [5, 5.41) is 6.74. The Hall–Kier alpha value is -2.99. The van der Waals surface area contributed by atoms with E-state index in [2.05, 4.69) is 10.5 Å². The van der Waals surface area contributed by atoms with Crippen LogP contribution in [0.4, 0.5) is 10.1 Å². The fraction of sp³-hybridized carbons (Fsp3) is 0.200. The summed E-state index contributed by atoms with van der Waals surface area (Å²) in [7, 11) is 0. The topological polar surface area (TPSA) is 64.4 Å². The molecule has 0 unspecified atom stereocenters. The van der Waals surface area contributed by atoms with Crippen LogP contribution in [-0.4, -0.2) is 17.7 Å². The van der Waals surface area contributed by atoms with Gasteiger partial charge in [0.25, 0.3) is 0 Å². The molecule has 2 aromatic carbocycles. The minimum absolute atomic E-state index is 0.0865. The maximum Gasteiger partial charge on any atom is 0.250 e. The molecule has 0 aliphatic heterocycles. The fourth-order valence-electron chi connectivity index (χ4n) is 2.52. The molecule has 0 atom stereocenters. The molecule has 26 heavy (non-hydrogen) atoms. The van der Waals surface area contributed by atoms with Gasteiger partial charge in [0.1, 0.15) is 18.1 Å². The van der Waals surface area contributed by atoms with E-state index in [9.17, 15) is 9.18 Å². The van der Waals surface area contributed by atoms with E-state index in [0.717, 1.165) is 23.2 Å². The van der Waals surface area contributed by atoms with E-state index in [4.69, 9.17) is 9.26 Å². The van der Waals surface area contributed by atoms with Gasteiger partial charge in [-0.2, -0.15) is 0 Å². The molecular formula is C20H19FN2O3. The first-order valence-electron chi connectivity index (χ1n) is 8.32. The number of amides is 1.